The van der Waals surface area contributed by atoms with Gasteiger partial charge >= 0.3 is 0 Å². The predicted octanol–water partition coefficient (Wildman–Crippen LogP) is 3.44. The molecule has 3 nitrogen and oxygen atoms in total. The highest BCUT2D eigenvalue weighted by Gasteiger charge is 2.30. The Labute approximate surface area is 120 Å². The molecule has 4 heteroatoms. The summed E-state index contributed by atoms with van der Waals surface area (Å²) < 4.78 is 25.0. The van der Waals surface area contributed by atoms with Crippen LogP contribution in [-0.4, -0.2) is 25.4 Å². The standard InChI is InChI=1S/C16H24FNO2/c1-11(15-13(17)6-5-7-14(15)19-4)18-12-8-9-20-16(2,3)10-12/h5-7,11-12,18H,8-10H2,1-4H3. The summed E-state index contributed by atoms with van der Waals surface area (Å²) in [6.45, 7) is 6.90. The quantitative estimate of drug-likeness (QED) is 0.917. The molecular formula is C16H24FNO2. The van der Waals surface area contributed by atoms with Crippen molar-refractivity contribution in [3.05, 3.63) is 29.6 Å². The zero-order valence-corrected chi connectivity index (χ0v) is 12.7. The monoisotopic (exact) mass is 281 g/mol. The molecule has 1 aromatic rings. The number of methoxy groups -OCH3 is 1. The highest BCUT2D eigenvalue weighted by molar-refractivity contribution is 5.37. The smallest absolute Gasteiger partial charge is 0.131 e. The molecule has 0 amide bonds. The van der Waals surface area contributed by atoms with Crippen molar-refractivity contribution in [3.8, 4) is 5.75 Å². The Morgan fingerprint density at radius 2 is 2.20 bits per heavy atom. The van der Waals surface area contributed by atoms with Crippen molar-refractivity contribution in [2.75, 3.05) is 13.7 Å². The molecule has 2 rings (SSSR count). The van der Waals surface area contributed by atoms with Crippen LogP contribution >= 0.6 is 0 Å². The van der Waals surface area contributed by atoms with Crippen LogP contribution in [0, 0.1) is 5.82 Å². The molecule has 1 aromatic carbocycles. The van der Waals surface area contributed by atoms with E-state index in [9.17, 15) is 4.39 Å². The van der Waals surface area contributed by atoms with Gasteiger partial charge in [-0.05, 0) is 45.7 Å². The first kappa shape index (κ1) is 15.3. The molecule has 20 heavy (non-hydrogen) atoms. The van der Waals surface area contributed by atoms with Crippen molar-refractivity contribution in [1.29, 1.82) is 0 Å². The molecule has 112 valence electrons. The topological polar surface area (TPSA) is 30.5 Å². The van der Waals surface area contributed by atoms with Gasteiger partial charge in [0.1, 0.15) is 11.6 Å². The van der Waals surface area contributed by atoms with Crippen LogP contribution in [0.15, 0.2) is 18.2 Å². The molecule has 1 aliphatic heterocycles. The molecule has 0 bridgehead atoms. The van der Waals surface area contributed by atoms with E-state index in [1.807, 2.05) is 6.92 Å². The summed E-state index contributed by atoms with van der Waals surface area (Å²) >= 11 is 0. The summed E-state index contributed by atoms with van der Waals surface area (Å²) in [5.41, 5.74) is 0.480. The van der Waals surface area contributed by atoms with E-state index in [1.165, 1.54) is 6.07 Å². The van der Waals surface area contributed by atoms with Gasteiger partial charge in [-0.15, -0.1) is 0 Å². The first-order chi connectivity index (χ1) is 9.43. The molecule has 1 fully saturated rings. The van der Waals surface area contributed by atoms with E-state index in [2.05, 4.69) is 19.2 Å². The SMILES string of the molecule is COc1cccc(F)c1C(C)NC1CCOC(C)(C)C1. The van der Waals surface area contributed by atoms with Gasteiger partial charge in [-0.25, -0.2) is 4.39 Å². The fourth-order valence-corrected chi connectivity index (χ4v) is 2.93. The minimum absolute atomic E-state index is 0.0925. The molecule has 1 heterocycles. The summed E-state index contributed by atoms with van der Waals surface area (Å²) in [4.78, 5) is 0. The average molecular weight is 281 g/mol. The maximum atomic E-state index is 14.0. The van der Waals surface area contributed by atoms with Crippen molar-refractivity contribution in [2.45, 2.75) is 51.3 Å². The van der Waals surface area contributed by atoms with E-state index < -0.39 is 0 Å². The fourth-order valence-electron chi connectivity index (χ4n) is 2.93. The fraction of sp³-hybridized carbons (Fsp3) is 0.625. The van der Waals surface area contributed by atoms with Crippen LogP contribution in [0.3, 0.4) is 0 Å². The van der Waals surface area contributed by atoms with Gasteiger partial charge in [0.2, 0.25) is 0 Å². The molecule has 0 radical (unpaired) electrons. The van der Waals surface area contributed by atoms with Crippen molar-refractivity contribution in [2.24, 2.45) is 0 Å². The van der Waals surface area contributed by atoms with Gasteiger partial charge in [-0.2, -0.15) is 0 Å². The summed E-state index contributed by atoms with van der Waals surface area (Å²) in [6.07, 6.45) is 1.87. The lowest BCUT2D eigenvalue weighted by molar-refractivity contribution is -0.0640. The zero-order chi connectivity index (χ0) is 14.8. The first-order valence-corrected chi connectivity index (χ1v) is 7.15. The molecule has 0 saturated carbocycles. The third-order valence-electron chi connectivity index (χ3n) is 3.85. The van der Waals surface area contributed by atoms with Crippen LogP contribution in [0.1, 0.15) is 45.2 Å². The molecule has 0 aliphatic carbocycles. The van der Waals surface area contributed by atoms with Crippen LogP contribution in [0.2, 0.25) is 0 Å². The maximum absolute atomic E-state index is 14.0. The number of hydrogen-bond donors (Lipinski definition) is 1. The molecule has 2 atom stereocenters. The van der Waals surface area contributed by atoms with Crippen LogP contribution in [0.25, 0.3) is 0 Å². The minimum atomic E-state index is -0.226. The van der Waals surface area contributed by atoms with Gasteiger partial charge in [-0.1, -0.05) is 6.07 Å². The van der Waals surface area contributed by atoms with E-state index in [1.54, 1.807) is 19.2 Å². The second-order valence-electron chi connectivity index (χ2n) is 6.04. The van der Waals surface area contributed by atoms with Gasteiger partial charge in [0.15, 0.2) is 0 Å². The molecule has 1 aliphatic rings. The normalized spacial score (nSPS) is 23.4. The second-order valence-corrected chi connectivity index (χ2v) is 6.04. The van der Waals surface area contributed by atoms with Gasteiger partial charge in [0.05, 0.1) is 12.7 Å². The van der Waals surface area contributed by atoms with Crippen molar-refractivity contribution in [1.82, 2.24) is 5.32 Å². The van der Waals surface area contributed by atoms with E-state index in [4.69, 9.17) is 9.47 Å². The highest BCUT2D eigenvalue weighted by Crippen LogP contribution is 2.30. The third kappa shape index (κ3) is 3.49. The molecule has 1 saturated heterocycles. The zero-order valence-electron chi connectivity index (χ0n) is 12.7. The van der Waals surface area contributed by atoms with Crippen LogP contribution in [-0.2, 0) is 4.74 Å². The Bertz CT molecular complexity index is 462. The number of benzene rings is 1. The van der Waals surface area contributed by atoms with E-state index in [0.717, 1.165) is 19.4 Å². The summed E-state index contributed by atoms with van der Waals surface area (Å²) in [5, 5.41) is 3.51. The van der Waals surface area contributed by atoms with Crippen LogP contribution in [0.4, 0.5) is 4.39 Å². The van der Waals surface area contributed by atoms with Gasteiger partial charge in [0.25, 0.3) is 0 Å². The van der Waals surface area contributed by atoms with Crippen LogP contribution in [0.5, 0.6) is 5.75 Å². The molecule has 2 unspecified atom stereocenters. The van der Waals surface area contributed by atoms with E-state index in [-0.39, 0.29) is 17.5 Å². The van der Waals surface area contributed by atoms with Crippen molar-refractivity contribution in [3.63, 3.8) is 0 Å². The molecule has 0 aromatic heterocycles. The van der Waals surface area contributed by atoms with Gasteiger partial charge in [0, 0.05) is 24.3 Å². The van der Waals surface area contributed by atoms with Crippen molar-refractivity contribution >= 4 is 0 Å². The minimum Gasteiger partial charge on any atom is -0.496 e. The van der Waals surface area contributed by atoms with Gasteiger partial charge < -0.3 is 14.8 Å². The number of ether oxygens (including phenoxy) is 2. The Morgan fingerprint density at radius 1 is 1.45 bits per heavy atom. The Hall–Kier alpha value is -1.13. The Balaban J connectivity index is 2.10. The number of nitrogens with one attached hydrogen (secondary N) is 1. The number of rotatable bonds is 4. The molecular weight excluding hydrogens is 257 g/mol. The Kier molecular flexibility index (Phi) is 4.66. The lowest BCUT2D eigenvalue weighted by atomic mass is 9.92. The van der Waals surface area contributed by atoms with E-state index >= 15 is 0 Å². The number of hydrogen-bond acceptors (Lipinski definition) is 3. The molecule has 1 N–H and O–H groups in total. The Morgan fingerprint density at radius 3 is 2.85 bits per heavy atom. The lowest BCUT2D eigenvalue weighted by Crippen LogP contribution is -2.44. The number of halogens is 1. The second kappa shape index (κ2) is 6.10. The maximum Gasteiger partial charge on any atom is 0.131 e. The molecule has 0 spiro atoms. The predicted molar refractivity (Wildman–Crippen MR) is 77.6 cm³/mol. The summed E-state index contributed by atoms with van der Waals surface area (Å²) in [5.74, 6) is 0.368. The highest BCUT2D eigenvalue weighted by atomic mass is 19.1. The van der Waals surface area contributed by atoms with E-state index in [0.29, 0.717) is 17.4 Å². The largest absolute Gasteiger partial charge is 0.496 e. The first-order valence-electron chi connectivity index (χ1n) is 7.15. The summed E-state index contributed by atoms with van der Waals surface area (Å²) in [7, 11) is 1.57. The summed E-state index contributed by atoms with van der Waals surface area (Å²) in [6, 6.07) is 5.18. The third-order valence-corrected chi connectivity index (χ3v) is 3.85. The lowest BCUT2D eigenvalue weighted by Gasteiger charge is -2.37. The van der Waals surface area contributed by atoms with Crippen LogP contribution < -0.4 is 10.1 Å². The average Bonchev–Trinajstić information content (AvgIpc) is 2.36. The van der Waals surface area contributed by atoms with Crippen molar-refractivity contribution < 1.29 is 13.9 Å². The van der Waals surface area contributed by atoms with Gasteiger partial charge in [-0.3, -0.25) is 0 Å².